The van der Waals surface area contributed by atoms with Crippen molar-refractivity contribution in [1.82, 2.24) is 20.0 Å². The molecule has 2 aliphatic heterocycles. The van der Waals surface area contributed by atoms with Crippen LogP contribution >= 0.6 is 15.9 Å². The van der Waals surface area contributed by atoms with E-state index in [-0.39, 0.29) is 156 Å². The minimum Gasteiger partial charge on any atom is -0.565 e. The van der Waals surface area contributed by atoms with Crippen LogP contribution in [0.25, 0.3) is 21.8 Å². The van der Waals surface area contributed by atoms with Gasteiger partial charge in [0.15, 0.2) is 11.4 Å². The molecule has 0 radical (unpaired) electrons. The first-order chi connectivity index (χ1) is 22.8. The molecule has 4 heterocycles. The Bertz CT molecular complexity index is 1550. The Kier molecular flexibility index (Phi) is 25.8. The number of ether oxygens (including phenoxy) is 4. The number of aromatic amines is 1. The number of rotatable bonds is 7. The number of halogens is 1. The van der Waals surface area contributed by atoms with Crippen molar-refractivity contribution in [3.63, 3.8) is 0 Å². The van der Waals surface area contributed by atoms with Crippen LogP contribution < -0.4 is 143 Å². The molecule has 0 saturated carbocycles. The van der Waals surface area contributed by atoms with Crippen molar-refractivity contribution in [2.45, 2.75) is 71.1 Å². The zero-order valence-electron chi connectivity index (χ0n) is 28.7. The van der Waals surface area contributed by atoms with Crippen LogP contribution in [-0.2, 0) is 25.5 Å². The van der Waals surface area contributed by atoms with Gasteiger partial charge in [0.25, 0.3) is 0 Å². The molecule has 2 unspecified atom stereocenters. The van der Waals surface area contributed by atoms with E-state index in [4.69, 9.17) is 34.0 Å². The predicted octanol–water partition coefficient (Wildman–Crippen LogP) is -0.632. The number of carbonyl (C=O) groups is 3. The molecule has 49 heavy (non-hydrogen) atoms. The largest absolute Gasteiger partial charge is 1.00 e. The standard InChI is InChI=1S/C16H20N2O3.C10H10N2O2.C6H11BrO.CH2O3.2Cs/c1-2-20-16(19)15-13-8-3-4-9-14(13)18(17-15)11-12-7-5-6-10-21-12;1-2-14-10(13)9-7-5-3-4-6-8(7)11-12-9;7-5-6-3-1-2-4-8-6;2-1(3)4;;/h3-4,8-9,12H,2,5-7,10-11H2,1H3;3-6H,2H2,1H3,(H,11,12);6H,1-5H2;(H2,2,3,4);;/q;;;;2*+1/p-1. The van der Waals surface area contributed by atoms with Crippen LogP contribution in [0.5, 0.6) is 0 Å². The maximum atomic E-state index is 12.0. The van der Waals surface area contributed by atoms with E-state index in [1.165, 1.54) is 25.7 Å². The summed E-state index contributed by atoms with van der Waals surface area (Å²) in [5, 5.41) is 29.1. The number of aromatic nitrogens is 4. The van der Waals surface area contributed by atoms with Gasteiger partial charge in [-0.25, -0.2) is 9.59 Å². The monoisotopic (exact) mass is 983 g/mol. The van der Waals surface area contributed by atoms with Crippen LogP contribution in [0, 0.1) is 0 Å². The van der Waals surface area contributed by atoms with E-state index >= 15 is 0 Å². The van der Waals surface area contributed by atoms with Crippen LogP contribution in [0.2, 0.25) is 0 Å². The fourth-order valence-electron chi connectivity index (χ4n) is 5.01. The molecule has 0 spiro atoms. The molecule has 0 aliphatic carbocycles. The molecule has 16 heteroatoms. The molecule has 4 aromatic rings. The van der Waals surface area contributed by atoms with Gasteiger partial charge in [0, 0.05) is 29.3 Å². The maximum Gasteiger partial charge on any atom is 1.00 e. The normalized spacial score (nSPS) is 16.5. The molecular formula is C33H42BrCs2N4O9+. The maximum absolute atomic E-state index is 12.0. The molecule has 0 amide bonds. The summed E-state index contributed by atoms with van der Waals surface area (Å²) in [5.41, 5.74) is 2.54. The van der Waals surface area contributed by atoms with Crippen molar-refractivity contribution < 1.29 is 181 Å². The average Bonchev–Trinajstić information content (AvgIpc) is 3.68. The average molecular weight is 984 g/mol. The number of carboxylic acid groups (broad SMARTS) is 2. The second kappa shape index (κ2) is 26.8. The van der Waals surface area contributed by atoms with E-state index < -0.39 is 6.16 Å². The fourth-order valence-corrected chi connectivity index (χ4v) is 5.52. The van der Waals surface area contributed by atoms with Gasteiger partial charge in [0.05, 0.1) is 43.0 Å². The summed E-state index contributed by atoms with van der Waals surface area (Å²) >= 11 is 3.39. The van der Waals surface area contributed by atoms with Gasteiger partial charge in [-0.1, -0.05) is 52.3 Å². The SMILES string of the molecule is BrCC1CCCCO1.CCOC(=O)c1n[nH]c2ccccc12.CCOC(=O)c1nn(CC2CCCCO2)c2ccccc12.O=C([O-])O.[Cs+].[Cs+]. The molecule has 0 bridgehead atoms. The second-order valence-electron chi connectivity index (χ2n) is 10.5. The third kappa shape index (κ3) is 16.3. The summed E-state index contributed by atoms with van der Waals surface area (Å²) in [7, 11) is 0. The van der Waals surface area contributed by atoms with E-state index in [1.54, 1.807) is 13.8 Å². The fraction of sp³-hybridized carbons (Fsp3) is 0.485. The second-order valence-corrected chi connectivity index (χ2v) is 11.2. The number of carbonyl (C=O) groups excluding carboxylic acids is 2. The van der Waals surface area contributed by atoms with Gasteiger partial charge < -0.3 is 34.0 Å². The summed E-state index contributed by atoms with van der Waals surface area (Å²) < 4.78 is 23.0. The number of benzene rings is 2. The summed E-state index contributed by atoms with van der Waals surface area (Å²) in [6.07, 6.45) is 5.80. The van der Waals surface area contributed by atoms with Crippen molar-refractivity contribution >= 4 is 55.8 Å². The molecule has 2 atom stereocenters. The number of alkyl halides is 1. The molecule has 2 aromatic carbocycles. The number of hydrogen-bond acceptors (Lipinski definition) is 10. The minimum atomic E-state index is -2.08. The minimum absolute atomic E-state index is 0. The smallest absolute Gasteiger partial charge is 0.565 e. The molecule has 6 rings (SSSR count). The van der Waals surface area contributed by atoms with Gasteiger partial charge in [-0.05, 0) is 64.5 Å². The van der Waals surface area contributed by atoms with Gasteiger partial charge in [0.2, 0.25) is 6.16 Å². The van der Waals surface area contributed by atoms with Crippen molar-refractivity contribution in [1.29, 1.82) is 0 Å². The molecule has 256 valence electrons. The number of fused-ring (bicyclic) bond motifs is 2. The summed E-state index contributed by atoms with van der Waals surface area (Å²) in [4.78, 5) is 31.9. The summed E-state index contributed by atoms with van der Waals surface area (Å²) in [6.45, 7) is 6.75. The van der Waals surface area contributed by atoms with Crippen LogP contribution in [0.1, 0.15) is 73.3 Å². The van der Waals surface area contributed by atoms with Gasteiger partial charge in [-0.3, -0.25) is 9.78 Å². The number of nitrogens with one attached hydrogen (secondary N) is 1. The van der Waals surface area contributed by atoms with Crippen LogP contribution in [0.15, 0.2) is 48.5 Å². The summed E-state index contributed by atoms with van der Waals surface area (Å²) in [5.74, 6) is -0.748. The van der Waals surface area contributed by atoms with E-state index in [9.17, 15) is 9.59 Å². The molecule has 2 aromatic heterocycles. The number of para-hydroxylation sites is 2. The first kappa shape index (κ1) is 47.1. The van der Waals surface area contributed by atoms with Crippen molar-refractivity contribution in [2.75, 3.05) is 31.8 Å². The zero-order chi connectivity index (χ0) is 34.0. The molecular weight excluding hydrogens is 942 g/mol. The van der Waals surface area contributed by atoms with Gasteiger partial charge in [-0.15, -0.1) is 0 Å². The number of esters is 2. The predicted molar refractivity (Wildman–Crippen MR) is 177 cm³/mol. The number of nitrogens with zero attached hydrogens (tertiary/aromatic N) is 3. The first-order valence-corrected chi connectivity index (χ1v) is 16.8. The van der Waals surface area contributed by atoms with Gasteiger partial charge in [0.1, 0.15) is 0 Å². The Morgan fingerprint density at radius 1 is 0.878 bits per heavy atom. The Morgan fingerprint density at radius 2 is 1.41 bits per heavy atom. The first-order valence-electron chi connectivity index (χ1n) is 15.7. The van der Waals surface area contributed by atoms with E-state index in [0.717, 1.165) is 53.2 Å². The zero-order valence-corrected chi connectivity index (χ0v) is 42.8. The number of hydrogen-bond donors (Lipinski definition) is 2. The molecule has 13 nitrogen and oxygen atoms in total. The molecule has 2 N–H and O–H groups in total. The summed E-state index contributed by atoms with van der Waals surface area (Å²) in [6, 6.07) is 15.2. The third-order valence-electron chi connectivity index (χ3n) is 7.16. The van der Waals surface area contributed by atoms with Crippen LogP contribution in [0.3, 0.4) is 0 Å². The molecule has 2 saturated heterocycles. The van der Waals surface area contributed by atoms with Crippen molar-refractivity contribution in [3.8, 4) is 0 Å². The molecule has 2 fully saturated rings. The third-order valence-corrected chi connectivity index (χ3v) is 7.88. The Hall–Kier alpha value is 0.0939. The number of H-pyrrole nitrogens is 1. The van der Waals surface area contributed by atoms with Gasteiger partial charge >= 0.3 is 150 Å². The Morgan fingerprint density at radius 3 is 1.94 bits per heavy atom. The van der Waals surface area contributed by atoms with E-state index in [0.29, 0.717) is 37.3 Å². The van der Waals surface area contributed by atoms with E-state index in [1.807, 2.05) is 53.2 Å². The van der Waals surface area contributed by atoms with Crippen LogP contribution in [0.4, 0.5) is 4.79 Å². The Balaban J connectivity index is 0.000000370. The van der Waals surface area contributed by atoms with Crippen molar-refractivity contribution in [3.05, 3.63) is 59.9 Å². The van der Waals surface area contributed by atoms with Crippen LogP contribution in [-0.4, -0.2) is 87.1 Å². The quantitative estimate of drug-likeness (QED) is 0.178. The van der Waals surface area contributed by atoms with Crippen molar-refractivity contribution in [2.24, 2.45) is 0 Å². The van der Waals surface area contributed by atoms with E-state index in [2.05, 4.69) is 31.2 Å². The molecule has 2 aliphatic rings. The van der Waals surface area contributed by atoms with Gasteiger partial charge in [-0.2, -0.15) is 10.2 Å². The topological polar surface area (TPSA) is 178 Å². The Labute approximate surface area is 412 Å².